The van der Waals surface area contributed by atoms with Gasteiger partial charge in [-0.3, -0.25) is 4.79 Å². The molecule has 1 aliphatic heterocycles. The van der Waals surface area contributed by atoms with Crippen LogP contribution in [-0.4, -0.2) is 65.1 Å². The molecule has 3 aromatic rings. The van der Waals surface area contributed by atoms with Crippen molar-refractivity contribution in [3.8, 4) is 17.1 Å². The van der Waals surface area contributed by atoms with Gasteiger partial charge in [-0.1, -0.05) is 17.7 Å². The summed E-state index contributed by atoms with van der Waals surface area (Å²) in [6.07, 6.45) is 1.11. The van der Waals surface area contributed by atoms with Crippen molar-refractivity contribution in [2.24, 2.45) is 7.05 Å². The highest BCUT2D eigenvalue weighted by atomic mass is 35.5. The van der Waals surface area contributed by atoms with Crippen LogP contribution >= 0.6 is 11.6 Å². The van der Waals surface area contributed by atoms with Gasteiger partial charge >= 0.3 is 0 Å². The van der Waals surface area contributed by atoms with Gasteiger partial charge in [-0.2, -0.15) is 4.98 Å². The maximum Gasteiger partial charge on any atom is 0.255 e. The third-order valence-corrected chi connectivity index (χ3v) is 5.88. The summed E-state index contributed by atoms with van der Waals surface area (Å²) in [5.41, 5.74) is 8.42. The van der Waals surface area contributed by atoms with E-state index in [0.29, 0.717) is 50.6 Å². The molecule has 0 aliphatic carbocycles. The van der Waals surface area contributed by atoms with Gasteiger partial charge < -0.3 is 31.4 Å². The molecule has 0 bridgehead atoms. The minimum atomic E-state index is -0.173. The summed E-state index contributed by atoms with van der Waals surface area (Å²) in [6.45, 7) is 1.66. The number of methoxy groups -OCH3 is 1. The number of likely N-dealkylation sites (tertiary alicyclic amines) is 1. The second kappa shape index (κ2) is 9.08. The Morgan fingerprint density at radius 2 is 2.06 bits per heavy atom. The zero-order chi connectivity index (χ0) is 23.7. The van der Waals surface area contributed by atoms with Crippen LogP contribution in [0.1, 0.15) is 15.9 Å². The molecule has 1 saturated heterocycles. The van der Waals surface area contributed by atoms with Crippen molar-refractivity contribution in [3.05, 3.63) is 46.5 Å². The molecule has 0 radical (unpaired) electrons. The zero-order valence-corrected chi connectivity index (χ0v) is 19.3. The predicted octanol–water partition coefficient (Wildman–Crippen LogP) is 2.51. The summed E-state index contributed by atoms with van der Waals surface area (Å²) in [4.78, 5) is 19.3. The van der Waals surface area contributed by atoms with Gasteiger partial charge in [-0.25, -0.2) is 4.68 Å². The van der Waals surface area contributed by atoms with Crippen LogP contribution in [0.15, 0.2) is 30.3 Å². The van der Waals surface area contributed by atoms with E-state index in [1.807, 2.05) is 7.05 Å². The molecular formula is C22H25ClN8O2. The smallest absolute Gasteiger partial charge is 0.255 e. The number of carbonyl (C=O) groups is 1. The number of anilines is 3. The van der Waals surface area contributed by atoms with Crippen LogP contribution in [-0.2, 0) is 7.05 Å². The second-order valence-electron chi connectivity index (χ2n) is 7.89. The van der Waals surface area contributed by atoms with Crippen molar-refractivity contribution < 1.29 is 9.53 Å². The standard InChI is InChI=1S/C22H25ClN8O2/c1-30-10-13(11-30)26-21(32)14-5-4-12(8-18(14)33-3)20-28-22(31(2)29-20)27-17-7-6-16(25)15(9-24)19(17)23/h4-9,13,24H,10-11,25H2,1-3H3,(H,26,32)(H,27,28,29). The Kier molecular flexibility index (Phi) is 6.21. The van der Waals surface area contributed by atoms with Gasteiger partial charge in [0, 0.05) is 43.2 Å². The summed E-state index contributed by atoms with van der Waals surface area (Å²) >= 11 is 6.38. The molecule has 11 heteroatoms. The van der Waals surface area contributed by atoms with Gasteiger partial charge in [-0.15, -0.1) is 5.10 Å². The van der Waals surface area contributed by atoms with Gasteiger partial charge in [0.2, 0.25) is 5.95 Å². The first-order chi connectivity index (χ1) is 15.8. The Labute approximate surface area is 196 Å². The molecule has 2 heterocycles. The topological polar surface area (TPSA) is 134 Å². The number of nitrogens with two attached hydrogens (primary N) is 1. The zero-order valence-electron chi connectivity index (χ0n) is 18.5. The van der Waals surface area contributed by atoms with Crippen LogP contribution < -0.4 is 21.1 Å². The van der Waals surface area contributed by atoms with Gasteiger partial charge in [0.15, 0.2) is 5.82 Å². The minimum Gasteiger partial charge on any atom is -0.496 e. The molecule has 1 amide bonds. The van der Waals surface area contributed by atoms with E-state index in [4.69, 9.17) is 27.5 Å². The summed E-state index contributed by atoms with van der Waals surface area (Å²) in [5.74, 6) is 1.16. The molecule has 1 fully saturated rings. The highest BCUT2D eigenvalue weighted by molar-refractivity contribution is 6.36. The molecule has 4 rings (SSSR count). The third-order valence-electron chi connectivity index (χ3n) is 5.47. The number of aryl methyl sites for hydroxylation is 1. The number of ether oxygens (including phenoxy) is 1. The van der Waals surface area contributed by atoms with E-state index in [9.17, 15) is 4.79 Å². The average molecular weight is 469 g/mol. The Bertz CT molecular complexity index is 1220. The van der Waals surface area contributed by atoms with Gasteiger partial charge in [0.1, 0.15) is 5.75 Å². The van der Waals surface area contributed by atoms with E-state index in [1.165, 1.54) is 7.11 Å². The van der Waals surface area contributed by atoms with E-state index in [1.54, 1.807) is 42.1 Å². The maximum absolute atomic E-state index is 12.7. The number of rotatable bonds is 7. The molecule has 0 saturated carbocycles. The number of amides is 1. The Morgan fingerprint density at radius 3 is 2.73 bits per heavy atom. The number of nitrogens with one attached hydrogen (secondary N) is 3. The van der Waals surface area contributed by atoms with Gasteiger partial charge in [-0.05, 0) is 31.3 Å². The minimum absolute atomic E-state index is 0.145. The average Bonchev–Trinajstić information content (AvgIpc) is 3.14. The SMILES string of the molecule is COc1cc(-c2nc(Nc3ccc(N)c(C=N)c3Cl)n(C)n2)ccc1C(=O)NC1CN(C)C1. The lowest BCUT2D eigenvalue weighted by Gasteiger charge is -2.36. The number of benzene rings is 2. The second-order valence-corrected chi connectivity index (χ2v) is 8.27. The first-order valence-corrected chi connectivity index (χ1v) is 10.6. The number of hydrogen-bond acceptors (Lipinski definition) is 8. The number of nitrogen functional groups attached to an aromatic ring is 1. The molecule has 5 N–H and O–H groups in total. The summed E-state index contributed by atoms with van der Waals surface area (Å²) in [7, 11) is 5.28. The van der Waals surface area contributed by atoms with Crippen molar-refractivity contribution in [2.45, 2.75) is 6.04 Å². The van der Waals surface area contributed by atoms with Crippen molar-refractivity contribution in [1.29, 1.82) is 5.41 Å². The molecule has 172 valence electrons. The normalized spacial score (nSPS) is 13.9. The molecule has 0 atom stereocenters. The van der Waals surface area contributed by atoms with Crippen molar-refractivity contribution >= 4 is 41.0 Å². The van der Waals surface area contributed by atoms with E-state index in [0.717, 1.165) is 19.3 Å². The van der Waals surface area contributed by atoms with E-state index in [-0.39, 0.29) is 11.9 Å². The first kappa shape index (κ1) is 22.6. The molecule has 0 spiro atoms. The van der Waals surface area contributed by atoms with Crippen LogP contribution in [0, 0.1) is 5.41 Å². The molecule has 1 aliphatic rings. The van der Waals surface area contributed by atoms with Crippen LogP contribution in [0.25, 0.3) is 11.4 Å². The number of likely N-dealkylation sites (N-methyl/N-ethyl adjacent to an activating group) is 1. The largest absolute Gasteiger partial charge is 0.496 e. The Hall–Kier alpha value is -3.63. The monoisotopic (exact) mass is 468 g/mol. The van der Waals surface area contributed by atoms with Crippen LogP contribution in [0.4, 0.5) is 17.3 Å². The van der Waals surface area contributed by atoms with E-state index < -0.39 is 0 Å². The number of carbonyl (C=O) groups excluding carboxylic acids is 1. The number of nitrogens with zero attached hydrogens (tertiary/aromatic N) is 4. The Balaban J connectivity index is 1.57. The quantitative estimate of drug-likeness (QED) is 0.309. The third kappa shape index (κ3) is 4.48. The fourth-order valence-electron chi connectivity index (χ4n) is 3.66. The fraction of sp³-hybridized carbons (Fsp3) is 0.273. The van der Waals surface area contributed by atoms with Crippen LogP contribution in [0.5, 0.6) is 5.75 Å². The lowest BCUT2D eigenvalue weighted by atomic mass is 10.1. The first-order valence-electron chi connectivity index (χ1n) is 10.2. The molecule has 33 heavy (non-hydrogen) atoms. The maximum atomic E-state index is 12.7. The summed E-state index contributed by atoms with van der Waals surface area (Å²) in [5, 5.41) is 18.4. The van der Waals surface area contributed by atoms with E-state index in [2.05, 4.69) is 25.6 Å². The number of aromatic nitrogens is 3. The van der Waals surface area contributed by atoms with Gasteiger partial charge in [0.05, 0.1) is 29.4 Å². The highest BCUT2D eigenvalue weighted by Crippen LogP contribution is 2.32. The number of halogens is 1. The van der Waals surface area contributed by atoms with Crippen LogP contribution in [0.3, 0.4) is 0 Å². The number of hydrogen-bond donors (Lipinski definition) is 4. The molecule has 2 aromatic carbocycles. The van der Waals surface area contributed by atoms with Crippen molar-refractivity contribution in [1.82, 2.24) is 25.0 Å². The van der Waals surface area contributed by atoms with Gasteiger partial charge in [0.25, 0.3) is 5.91 Å². The molecule has 10 nitrogen and oxygen atoms in total. The van der Waals surface area contributed by atoms with Crippen molar-refractivity contribution in [2.75, 3.05) is 38.3 Å². The van der Waals surface area contributed by atoms with Crippen molar-refractivity contribution in [3.63, 3.8) is 0 Å². The fourth-order valence-corrected chi connectivity index (χ4v) is 3.93. The van der Waals surface area contributed by atoms with E-state index >= 15 is 0 Å². The lowest BCUT2D eigenvalue weighted by Crippen LogP contribution is -2.57. The molecule has 0 unspecified atom stereocenters. The predicted molar refractivity (Wildman–Crippen MR) is 129 cm³/mol. The molecule has 1 aromatic heterocycles. The Morgan fingerprint density at radius 1 is 1.30 bits per heavy atom. The summed E-state index contributed by atoms with van der Waals surface area (Å²) < 4.78 is 7.04. The van der Waals surface area contributed by atoms with Crippen LogP contribution in [0.2, 0.25) is 5.02 Å². The summed E-state index contributed by atoms with van der Waals surface area (Å²) in [6, 6.07) is 8.77. The lowest BCUT2D eigenvalue weighted by molar-refractivity contribution is 0.0855. The molecular weight excluding hydrogens is 444 g/mol. The highest BCUT2D eigenvalue weighted by Gasteiger charge is 2.26.